The highest BCUT2D eigenvalue weighted by Gasteiger charge is 2.20. The minimum Gasteiger partial charge on any atom is -0.382 e. The van der Waals surface area contributed by atoms with Crippen LogP contribution >= 0.6 is 0 Å². The van der Waals surface area contributed by atoms with E-state index >= 15 is 0 Å². The lowest BCUT2D eigenvalue weighted by molar-refractivity contribution is 0.0676. The third kappa shape index (κ3) is 5.41. The largest absolute Gasteiger partial charge is 0.382 e. The predicted molar refractivity (Wildman–Crippen MR) is 83.7 cm³/mol. The van der Waals surface area contributed by atoms with Gasteiger partial charge in [-0.15, -0.1) is 0 Å². The third-order valence-corrected chi connectivity index (χ3v) is 4.01. The Morgan fingerprint density at radius 3 is 2.76 bits per heavy atom. The first-order valence-electron chi connectivity index (χ1n) is 8.05. The molecule has 5 nitrogen and oxygen atoms in total. The average molecular weight is 295 g/mol. The SMILES string of the molecule is COCCOCCCn1nc(C)c(CCNC2CC2)c1C. The Labute approximate surface area is 128 Å². The van der Waals surface area contributed by atoms with Crippen molar-refractivity contribution in [3.8, 4) is 0 Å². The van der Waals surface area contributed by atoms with Crippen LogP contribution in [0.1, 0.15) is 36.2 Å². The first-order valence-corrected chi connectivity index (χ1v) is 8.05. The van der Waals surface area contributed by atoms with Crippen molar-refractivity contribution in [1.82, 2.24) is 15.1 Å². The molecule has 0 spiro atoms. The second kappa shape index (κ2) is 8.51. The van der Waals surface area contributed by atoms with E-state index < -0.39 is 0 Å². The minimum atomic E-state index is 0.665. The Hall–Kier alpha value is -0.910. The molecule has 2 rings (SSSR count). The van der Waals surface area contributed by atoms with Crippen LogP contribution in [-0.4, -0.2) is 49.3 Å². The zero-order chi connectivity index (χ0) is 15.1. The number of nitrogens with zero attached hydrogens (tertiary/aromatic N) is 2. The molecule has 1 heterocycles. The molecule has 5 heteroatoms. The molecule has 120 valence electrons. The van der Waals surface area contributed by atoms with Gasteiger partial charge in [-0.1, -0.05) is 0 Å². The van der Waals surface area contributed by atoms with Gasteiger partial charge in [-0.2, -0.15) is 5.10 Å². The van der Waals surface area contributed by atoms with Crippen molar-refractivity contribution >= 4 is 0 Å². The van der Waals surface area contributed by atoms with Crippen LogP contribution < -0.4 is 5.32 Å². The first-order chi connectivity index (χ1) is 10.2. The molecule has 0 unspecified atom stereocenters. The van der Waals surface area contributed by atoms with Crippen LogP contribution in [0.25, 0.3) is 0 Å². The summed E-state index contributed by atoms with van der Waals surface area (Å²) in [4.78, 5) is 0. The molecule has 0 bridgehead atoms. The van der Waals surface area contributed by atoms with Crippen LogP contribution in [0.4, 0.5) is 0 Å². The summed E-state index contributed by atoms with van der Waals surface area (Å²) >= 11 is 0. The molecule has 1 fully saturated rings. The van der Waals surface area contributed by atoms with Gasteiger partial charge in [-0.3, -0.25) is 4.68 Å². The molecule has 0 aromatic carbocycles. The lowest BCUT2D eigenvalue weighted by atomic mass is 10.1. The van der Waals surface area contributed by atoms with Crippen LogP contribution in [0, 0.1) is 13.8 Å². The number of hydrogen-bond acceptors (Lipinski definition) is 4. The van der Waals surface area contributed by atoms with Crippen molar-refractivity contribution in [3.63, 3.8) is 0 Å². The lowest BCUT2D eigenvalue weighted by Crippen LogP contribution is -2.19. The van der Waals surface area contributed by atoms with Gasteiger partial charge in [0.2, 0.25) is 0 Å². The molecule has 21 heavy (non-hydrogen) atoms. The number of hydrogen-bond donors (Lipinski definition) is 1. The topological polar surface area (TPSA) is 48.3 Å². The zero-order valence-electron chi connectivity index (χ0n) is 13.7. The van der Waals surface area contributed by atoms with E-state index in [9.17, 15) is 0 Å². The Balaban J connectivity index is 1.71. The quantitative estimate of drug-likeness (QED) is 0.633. The second-order valence-electron chi connectivity index (χ2n) is 5.81. The van der Waals surface area contributed by atoms with Crippen molar-refractivity contribution in [2.75, 3.05) is 33.5 Å². The van der Waals surface area contributed by atoms with Gasteiger partial charge >= 0.3 is 0 Å². The summed E-state index contributed by atoms with van der Waals surface area (Å²) in [5.74, 6) is 0. The highest BCUT2D eigenvalue weighted by atomic mass is 16.5. The normalized spacial score (nSPS) is 14.8. The van der Waals surface area contributed by atoms with E-state index in [-0.39, 0.29) is 0 Å². The van der Waals surface area contributed by atoms with Crippen molar-refractivity contribution < 1.29 is 9.47 Å². The number of aryl methyl sites for hydroxylation is 2. The van der Waals surface area contributed by atoms with E-state index in [1.165, 1.54) is 29.8 Å². The van der Waals surface area contributed by atoms with Gasteiger partial charge in [0.15, 0.2) is 0 Å². The Morgan fingerprint density at radius 1 is 1.24 bits per heavy atom. The highest BCUT2D eigenvalue weighted by Crippen LogP contribution is 2.19. The molecule has 1 aromatic rings. The molecule has 0 atom stereocenters. The first kappa shape index (κ1) is 16.5. The van der Waals surface area contributed by atoms with Crippen molar-refractivity contribution in [2.45, 2.75) is 52.1 Å². The number of nitrogens with one attached hydrogen (secondary N) is 1. The monoisotopic (exact) mass is 295 g/mol. The minimum absolute atomic E-state index is 0.665. The summed E-state index contributed by atoms with van der Waals surface area (Å²) in [6, 6.07) is 0.782. The Morgan fingerprint density at radius 2 is 2.05 bits per heavy atom. The fraction of sp³-hybridized carbons (Fsp3) is 0.812. The van der Waals surface area contributed by atoms with Gasteiger partial charge in [0, 0.05) is 32.0 Å². The zero-order valence-corrected chi connectivity index (χ0v) is 13.7. The van der Waals surface area contributed by atoms with Crippen molar-refractivity contribution in [2.24, 2.45) is 0 Å². The molecule has 1 aliphatic carbocycles. The molecule has 1 aromatic heterocycles. The smallest absolute Gasteiger partial charge is 0.0700 e. The van der Waals surface area contributed by atoms with Gasteiger partial charge in [0.05, 0.1) is 18.9 Å². The van der Waals surface area contributed by atoms with E-state index in [1.54, 1.807) is 7.11 Å². The molecular weight excluding hydrogens is 266 g/mol. The fourth-order valence-electron chi connectivity index (χ4n) is 2.56. The Kier molecular flexibility index (Phi) is 6.67. The maximum Gasteiger partial charge on any atom is 0.0700 e. The molecule has 0 saturated heterocycles. The van der Waals surface area contributed by atoms with Crippen molar-refractivity contribution in [1.29, 1.82) is 0 Å². The summed E-state index contributed by atoms with van der Waals surface area (Å²) in [6.07, 6.45) is 4.77. The number of aromatic nitrogens is 2. The van der Waals surface area contributed by atoms with Gasteiger partial charge in [-0.25, -0.2) is 0 Å². The number of rotatable bonds is 11. The molecule has 1 aliphatic rings. The molecular formula is C16H29N3O2. The van der Waals surface area contributed by atoms with Crippen LogP contribution in [0.3, 0.4) is 0 Å². The molecule has 0 amide bonds. The average Bonchev–Trinajstić information content (AvgIpc) is 3.25. The summed E-state index contributed by atoms with van der Waals surface area (Å²) in [7, 11) is 1.69. The molecule has 0 aliphatic heterocycles. The molecule has 0 radical (unpaired) electrons. The lowest BCUT2D eigenvalue weighted by Gasteiger charge is -2.07. The maximum absolute atomic E-state index is 5.49. The third-order valence-electron chi connectivity index (χ3n) is 4.01. The number of methoxy groups -OCH3 is 1. The van der Waals surface area contributed by atoms with Crippen LogP contribution in [0.15, 0.2) is 0 Å². The van der Waals surface area contributed by atoms with E-state index in [2.05, 4.69) is 28.9 Å². The fourth-order valence-corrected chi connectivity index (χ4v) is 2.56. The van der Waals surface area contributed by atoms with Gasteiger partial charge in [0.25, 0.3) is 0 Å². The highest BCUT2D eigenvalue weighted by molar-refractivity contribution is 5.24. The van der Waals surface area contributed by atoms with E-state index in [0.29, 0.717) is 13.2 Å². The van der Waals surface area contributed by atoms with Gasteiger partial charge < -0.3 is 14.8 Å². The second-order valence-corrected chi connectivity index (χ2v) is 5.81. The van der Waals surface area contributed by atoms with E-state index in [1.807, 2.05) is 0 Å². The van der Waals surface area contributed by atoms with Gasteiger partial charge in [-0.05, 0) is 51.6 Å². The summed E-state index contributed by atoms with van der Waals surface area (Å²) < 4.78 is 12.6. The van der Waals surface area contributed by atoms with Gasteiger partial charge in [0.1, 0.15) is 0 Å². The van der Waals surface area contributed by atoms with Crippen LogP contribution in [0.2, 0.25) is 0 Å². The maximum atomic E-state index is 5.49. The van der Waals surface area contributed by atoms with Crippen LogP contribution in [-0.2, 0) is 22.4 Å². The van der Waals surface area contributed by atoms with E-state index in [4.69, 9.17) is 9.47 Å². The summed E-state index contributed by atoms with van der Waals surface area (Å²) in [5, 5.41) is 8.24. The number of ether oxygens (including phenoxy) is 2. The molecule has 1 N–H and O–H groups in total. The van der Waals surface area contributed by atoms with Crippen molar-refractivity contribution in [3.05, 3.63) is 17.0 Å². The van der Waals surface area contributed by atoms with Crippen LogP contribution in [0.5, 0.6) is 0 Å². The Bertz CT molecular complexity index is 427. The summed E-state index contributed by atoms with van der Waals surface area (Å²) in [6.45, 7) is 8.39. The van der Waals surface area contributed by atoms with E-state index in [0.717, 1.165) is 38.6 Å². The predicted octanol–water partition coefficient (Wildman–Crippen LogP) is 1.85. The molecule has 1 saturated carbocycles. The summed E-state index contributed by atoms with van der Waals surface area (Å²) in [5.41, 5.74) is 3.89. The standard InChI is InChI=1S/C16H29N3O2/c1-13-16(7-8-17-15-5-6-15)14(2)19(18-13)9-4-10-21-12-11-20-3/h15,17H,4-12H2,1-3H3.